The Balaban J connectivity index is 1.86. The van der Waals surface area contributed by atoms with Gasteiger partial charge in [0.25, 0.3) is 11.5 Å². The smallest absolute Gasteiger partial charge is 0.328 e. The lowest BCUT2D eigenvalue weighted by Crippen LogP contribution is -2.45. The van der Waals surface area contributed by atoms with Gasteiger partial charge in [-0.15, -0.1) is 0 Å². The van der Waals surface area contributed by atoms with Crippen molar-refractivity contribution in [2.24, 2.45) is 5.92 Å². The second-order valence-corrected chi connectivity index (χ2v) is 6.56. The molecule has 126 valence electrons. The first-order chi connectivity index (χ1) is 11.1. The number of hydrogen-bond acceptors (Lipinski definition) is 4. The molecule has 0 aliphatic carbocycles. The first-order valence-electron chi connectivity index (χ1n) is 8.29. The molecular weight excluding hydrogens is 298 g/mol. The molecule has 1 aromatic heterocycles. The molecule has 7 heteroatoms. The van der Waals surface area contributed by atoms with Crippen LogP contribution < -0.4 is 11.2 Å². The fourth-order valence-electron chi connectivity index (χ4n) is 3.37. The van der Waals surface area contributed by atoms with Gasteiger partial charge in [0.1, 0.15) is 5.56 Å². The number of H-pyrrole nitrogens is 1. The normalized spacial score (nSPS) is 24.8. The van der Waals surface area contributed by atoms with Gasteiger partial charge in [0.05, 0.1) is 12.6 Å². The van der Waals surface area contributed by atoms with Crippen molar-refractivity contribution >= 4 is 5.91 Å². The molecule has 7 nitrogen and oxygen atoms in total. The van der Waals surface area contributed by atoms with Gasteiger partial charge < -0.3 is 14.6 Å². The van der Waals surface area contributed by atoms with Crippen LogP contribution in [0.4, 0.5) is 0 Å². The summed E-state index contributed by atoms with van der Waals surface area (Å²) in [7, 11) is 0. The number of aromatic nitrogens is 2. The first kappa shape index (κ1) is 16.0. The Morgan fingerprint density at radius 3 is 2.87 bits per heavy atom. The zero-order valence-electron chi connectivity index (χ0n) is 13.4. The van der Waals surface area contributed by atoms with Gasteiger partial charge in [0.2, 0.25) is 0 Å². The lowest BCUT2D eigenvalue weighted by Gasteiger charge is -2.30. The van der Waals surface area contributed by atoms with E-state index in [0.717, 1.165) is 30.3 Å². The van der Waals surface area contributed by atoms with Crippen molar-refractivity contribution in [2.45, 2.75) is 45.3 Å². The van der Waals surface area contributed by atoms with Crippen molar-refractivity contribution in [1.82, 2.24) is 14.5 Å². The molecule has 2 fully saturated rings. The molecule has 23 heavy (non-hydrogen) atoms. The summed E-state index contributed by atoms with van der Waals surface area (Å²) >= 11 is 0. The van der Waals surface area contributed by atoms with E-state index in [4.69, 9.17) is 4.74 Å². The van der Waals surface area contributed by atoms with Gasteiger partial charge in [0.15, 0.2) is 0 Å². The predicted octanol–water partition coefficient (Wildman–Crippen LogP) is 0.588. The SMILES string of the molecule is CC1CCCN(C(=O)c2c[nH]c(=O)n(CC3CCCO3)c2=O)C1. The number of likely N-dealkylation sites (tertiary alicyclic amines) is 1. The van der Waals surface area contributed by atoms with Gasteiger partial charge in [-0.1, -0.05) is 6.92 Å². The van der Waals surface area contributed by atoms with Crippen LogP contribution in [-0.4, -0.2) is 46.2 Å². The molecule has 2 unspecified atom stereocenters. The number of amides is 1. The minimum absolute atomic E-state index is 0.0386. The van der Waals surface area contributed by atoms with Crippen LogP contribution in [-0.2, 0) is 11.3 Å². The molecular formula is C16H23N3O4. The Morgan fingerprint density at radius 2 is 2.17 bits per heavy atom. The van der Waals surface area contributed by atoms with Crippen LogP contribution in [0.2, 0.25) is 0 Å². The molecule has 2 atom stereocenters. The van der Waals surface area contributed by atoms with E-state index < -0.39 is 11.2 Å². The minimum Gasteiger partial charge on any atom is -0.376 e. The summed E-state index contributed by atoms with van der Waals surface area (Å²) in [5.41, 5.74) is -0.974. The molecule has 2 aliphatic rings. The van der Waals surface area contributed by atoms with Crippen molar-refractivity contribution in [3.05, 3.63) is 32.6 Å². The van der Waals surface area contributed by atoms with Crippen LogP contribution in [0.3, 0.4) is 0 Å². The maximum absolute atomic E-state index is 12.6. The second kappa shape index (κ2) is 6.70. The van der Waals surface area contributed by atoms with E-state index in [1.54, 1.807) is 4.90 Å². The predicted molar refractivity (Wildman–Crippen MR) is 84.6 cm³/mol. The first-order valence-corrected chi connectivity index (χ1v) is 8.29. The fourth-order valence-corrected chi connectivity index (χ4v) is 3.37. The minimum atomic E-state index is -0.521. The Bertz CT molecular complexity index is 687. The van der Waals surface area contributed by atoms with Gasteiger partial charge in [-0.3, -0.25) is 14.2 Å². The Kier molecular flexibility index (Phi) is 4.66. The molecule has 1 aromatic rings. The largest absolute Gasteiger partial charge is 0.376 e. The molecule has 3 heterocycles. The van der Waals surface area contributed by atoms with E-state index in [2.05, 4.69) is 11.9 Å². The Morgan fingerprint density at radius 1 is 1.35 bits per heavy atom. The van der Waals surface area contributed by atoms with E-state index in [0.29, 0.717) is 25.6 Å². The highest BCUT2D eigenvalue weighted by molar-refractivity contribution is 5.93. The summed E-state index contributed by atoms with van der Waals surface area (Å²) in [6.07, 6.45) is 4.92. The topological polar surface area (TPSA) is 84.4 Å². The van der Waals surface area contributed by atoms with Crippen molar-refractivity contribution in [3.63, 3.8) is 0 Å². The summed E-state index contributed by atoms with van der Waals surface area (Å²) in [6, 6.07) is 0. The van der Waals surface area contributed by atoms with Gasteiger partial charge in [-0.25, -0.2) is 4.79 Å². The second-order valence-electron chi connectivity index (χ2n) is 6.56. The van der Waals surface area contributed by atoms with E-state index >= 15 is 0 Å². The number of ether oxygens (including phenoxy) is 1. The summed E-state index contributed by atoms with van der Waals surface area (Å²) in [6.45, 7) is 4.27. The van der Waals surface area contributed by atoms with Crippen LogP contribution >= 0.6 is 0 Å². The van der Waals surface area contributed by atoms with Gasteiger partial charge in [-0.2, -0.15) is 0 Å². The molecule has 1 N–H and O–H groups in total. The number of carbonyl (C=O) groups is 1. The maximum atomic E-state index is 12.6. The van der Waals surface area contributed by atoms with Gasteiger partial charge >= 0.3 is 5.69 Å². The van der Waals surface area contributed by atoms with Crippen LogP contribution in [0.5, 0.6) is 0 Å². The van der Waals surface area contributed by atoms with Gasteiger partial charge in [0, 0.05) is 25.9 Å². The van der Waals surface area contributed by atoms with Crippen molar-refractivity contribution < 1.29 is 9.53 Å². The third-order valence-electron chi connectivity index (χ3n) is 4.65. The lowest BCUT2D eigenvalue weighted by molar-refractivity contribution is 0.0677. The van der Waals surface area contributed by atoms with Crippen LogP contribution in [0.15, 0.2) is 15.8 Å². The summed E-state index contributed by atoms with van der Waals surface area (Å²) in [5, 5.41) is 0. The average molecular weight is 321 g/mol. The zero-order chi connectivity index (χ0) is 16.4. The third-order valence-corrected chi connectivity index (χ3v) is 4.65. The zero-order valence-corrected chi connectivity index (χ0v) is 13.4. The van der Waals surface area contributed by atoms with E-state index in [1.807, 2.05) is 0 Å². The van der Waals surface area contributed by atoms with E-state index in [-0.39, 0.29) is 24.1 Å². The number of nitrogens with one attached hydrogen (secondary N) is 1. The molecule has 0 radical (unpaired) electrons. The fraction of sp³-hybridized carbons (Fsp3) is 0.688. The molecule has 0 saturated carbocycles. The summed E-state index contributed by atoms with van der Waals surface area (Å²) in [4.78, 5) is 41.4. The van der Waals surface area contributed by atoms with Crippen molar-refractivity contribution in [1.29, 1.82) is 0 Å². The van der Waals surface area contributed by atoms with Crippen molar-refractivity contribution in [2.75, 3.05) is 19.7 Å². The van der Waals surface area contributed by atoms with E-state index in [1.165, 1.54) is 6.20 Å². The van der Waals surface area contributed by atoms with Crippen LogP contribution in [0.25, 0.3) is 0 Å². The lowest BCUT2D eigenvalue weighted by atomic mass is 10.00. The molecule has 0 spiro atoms. The highest BCUT2D eigenvalue weighted by atomic mass is 16.5. The summed E-state index contributed by atoms with van der Waals surface area (Å²) < 4.78 is 6.58. The summed E-state index contributed by atoms with van der Waals surface area (Å²) in [5.74, 6) is 0.142. The third kappa shape index (κ3) is 3.39. The van der Waals surface area contributed by atoms with E-state index in [9.17, 15) is 14.4 Å². The molecule has 0 bridgehead atoms. The van der Waals surface area contributed by atoms with Crippen molar-refractivity contribution in [3.8, 4) is 0 Å². The molecule has 0 aromatic carbocycles. The number of hydrogen-bond donors (Lipinski definition) is 1. The number of nitrogens with zero attached hydrogens (tertiary/aromatic N) is 2. The molecule has 3 rings (SSSR count). The van der Waals surface area contributed by atoms with Crippen LogP contribution in [0.1, 0.15) is 43.0 Å². The monoisotopic (exact) mass is 321 g/mol. The molecule has 1 amide bonds. The standard InChI is InChI=1S/C16H23N3O4/c1-11-4-2-6-18(9-11)14(20)13-8-17-16(22)19(15(13)21)10-12-5-3-7-23-12/h8,11-12H,2-7,9-10H2,1H3,(H,17,22). The van der Waals surface area contributed by atoms with Gasteiger partial charge in [-0.05, 0) is 31.6 Å². The highest BCUT2D eigenvalue weighted by Gasteiger charge is 2.26. The number of carbonyl (C=O) groups excluding carboxylic acids is 1. The highest BCUT2D eigenvalue weighted by Crippen LogP contribution is 2.17. The number of rotatable bonds is 3. The number of aromatic amines is 1. The maximum Gasteiger partial charge on any atom is 0.328 e. The molecule has 2 saturated heterocycles. The Labute approximate surface area is 134 Å². The quantitative estimate of drug-likeness (QED) is 0.883. The molecule has 2 aliphatic heterocycles. The Hall–Kier alpha value is -1.89. The average Bonchev–Trinajstić information content (AvgIpc) is 3.04. The number of piperidine rings is 1. The van der Waals surface area contributed by atoms with Crippen LogP contribution in [0, 0.1) is 5.92 Å².